The van der Waals surface area contributed by atoms with Gasteiger partial charge in [0.15, 0.2) is 0 Å². The molecule has 0 spiro atoms. The van der Waals surface area contributed by atoms with E-state index in [9.17, 15) is 13.6 Å². The Morgan fingerprint density at radius 1 is 1.16 bits per heavy atom. The van der Waals surface area contributed by atoms with Gasteiger partial charge in [-0.15, -0.1) is 0 Å². The SMILES string of the molecule is COc1ccc(C)cc1C(C)NC(=O)Cc1ccc(OC(F)F)cc1. The zero-order valence-electron chi connectivity index (χ0n) is 14.4. The summed E-state index contributed by atoms with van der Waals surface area (Å²) in [4.78, 5) is 12.2. The molecule has 1 atom stereocenters. The predicted molar refractivity (Wildman–Crippen MR) is 91.1 cm³/mol. The molecular formula is C19H21F2NO3. The molecule has 0 aromatic heterocycles. The standard InChI is InChI=1S/C19H21F2NO3/c1-12-4-9-17(24-3)16(10-12)13(2)22-18(23)11-14-5-7-15(8-6-14)25-19(20)21/h4-10,13,19H,11H2,1-3H3,(H,22,23). The van der Waals surface area contributed by atoms with Crippen molar-refractivity contribution in [2.24, 2.45) is 0 Å². The summed E-state index contributed by atoms with van der Waals surface area (Å²) >= 11 is 0. The number of carbonyl (C=O) groups is 1. The van der Waals surface area contributed by atoms with Crippen LogP contribution in [0.1, 0.15) is 29.7 Å². The average molecular weight is 349 g/mol. The van der Waals surface area contributed by atoms with Crippen LogP contribution in [-0.2, 0) is 11.2 Å². The van der Waals surface area contributed by atoms with Gasteiger partial charge < -0.3 is 14.8 Å². The number of amides is 1. The number of hydrogen-bond donors (Lipinski definition) is 1. The highest BCUT2D eigenvalue weighted by Gasteiger charge is 2.15. The molecule has 0 radical (unpaired) electrons. The molecule has 1 unspecified atom stereocenters. The normalized spacial score (nSPS) is 11.9. The third-order valence-corrected chi connectivity index (χ3v) is 3.74. The number of benzene rings is 2. The summed E-state index contributed by atoms with van der Waals surface area (Å²) < 4.78 is 33.9. The quantitative estimate of drug-likeness (QED) is 0.821. The topological polar surface area (TPSA) is 47.6 Å². The zero-order valence-corrected chi connectivity index (χ0v) is 14.4. The van der Waals surface area contributed by atoms with E-state index >= 15 is 0 Å². The van der Waals surface area contributed by atoms with Crippen molar-refractivity contribution in [3.63, 3.8) is 0 Å². The molecular weight excluding hydrogens is 328 g/mol. The smallest absolute Gasteiger partial charge is 0.387 e. The molecule has 2 aromatic rings. The molecule has 0 saturated carbocycles. The molecule has 2 rings (SSSR count). The molecule has 0 aliphatic heterocycles. The van der Waals surface area contributed by atoms with Crippen molar-refractivity contribution in [1.82, 2.24) is 5.32 Å². The lowest BCUT2D eigenvalue weighted by Gasteiger charge is -2.18. The van der Waals surface area contributed by atoms with Gasteiger partial charge in [0.05, 0.1) is 19.6 Å². The van der Waals surface area contributed by atoms with Gasteiger partial charge in [-0.25, -0.2) is 0 Å². The fraction of sp³-hybridized carbons (Fsp3) is 0.316. The summed E-state index contributed by atoms with van der Waals surface area (Å²) in [5.74, 6) is 0.613. The van der Waals surface area contributed by atoms with Crippen molar-refractivity contribution in [2.75, 3.05) is 7.11 Å². The summed E-state index contributed by atoms with van der Waals surface area (Å²) in [6.07, 6.45) is 0.146. The largest absolute Gasteiger partial charge is 0.496 e. The Hall–Kier alpha value is -2.63. The maximum absolute atomic E-state index is 12.2. The number of aryl methyl sites for hydroxylation is 1. The van der Waals surface area contributed by atoms with Gasteiger partial charge in [0.25, 0.3) is 0 Å². The molecule has 1 amide bonds. The molecule has 0 bridgehead atoms. The average Bonchev–Trinajstić information content (AvgIpc) is 2.56. The number of rotatable bonds is 7. The molecule has 0 aliphatic rings. The van der Waals surface area contributed by atoms with Gasteiger partial charge in [0.1, 0.15) is 11.5 Å². The third kappa shape index (κ3) is 5.45. The number of nitrogens with one attached hydrogen (secondary N) is 1. The fourth-order valence-electron chi connectivity index (χ4n) is 2.54. The van der Waals surface area contributed by atoms with Crippen molar-refractivity contribution < 1.29 is 23.0 Å². The van der Waals surface area contributed by atoms with E-state index in [4.69, 9.17) is 4.74 Å². The highest BCUT2D eigenvalue weighted by molar-refractivity contribution is 5.79. The Labute approximate surface area is 145 Å². The van der Waals surface area contributed by atoms with Crippen molar-refractivity contribution in [3.8, 4) is 11.5 Å². The minimum atomic E-state index is -2.86. The summed E-state index contributed by atoms with van der Waals surface area (Å²) in [7, 11) is 1.59. The van der Waals surface area contributed by atoms with Gasteiger partial charge >= 0.3 is 6.61 Å². The second kappa shape index (κ2) is 8.46. The van der Waals surface area contributed by atoms with Crippen LogP contribution in [0.2, 0.25) is 0 Å². The molecule has 6 heteroatoms. The van der Waals surface area contributed by atoms with Crippen LogP contribution < -0.4 is 14.8 Å². The van der Waals surface area contributed by atoms with Crippen LogP contribution in [0.15, 0.2) is 42.5 Å². The zero-order chi connectivity index (χ0) is 18.4. The number of alkyl halides is 2. The van der Waals surface area contributed by atoms with Crippen LogP contribution in [0.25, 0.3) is 0 Å². The van der Waals surface area contributed by atoms with Gasteiger partial charge in [0, 0.05) is 5.56 Å². The first-order chi connectivity index (χ1) is 11.9. The molecule has 0 fully saturated rings. The second-order valence-corrected chi connectivity index (χ2v) is 5.73. The van der Waals surface area contributed by atoms with Crippen LogP contribution in [0.3, 0.4) is 0 Å². The molecule has 1 N–H and O–H groups in total. The fourth-order valence-corrected chi connectivity index (χ4v) is 2.54. The molecule has 0 heterocycles. The van der Waals surface area contributed by atoms with Crippen molar-refractivity contribution >= 4 is 5.91 Å². The van der Waals surface area contributed by atoms with E-state index in [1.807, 2.05) is 32.0 Å². The van der Waals surface area contributed by atoms with E-state index in [0.717, 1.165) is 11.1 Å². The van der Waals surface area contributed by atoms with E-state index in [2.05, 4.69) is 10.1 Å². The van der Waals surface area contributed by atoms with Crippen molar-refractivity contribution in [1.29, 1.82) is 0 Å². The second-order valence-electron chi connectivity index (χ2n) is 5.73. The van der Waals surface area contributed by atoms with E-state index in [0.29, 0.717) is 11.3 Å². The summed E-state index contributed by atoms with van der Waals surface area (Å²) in [6, 6.07) is 11.6. The van der Waals surface area contributed by atoms with E-state index < -0.39 is 6.61 Å². The van der Waals surface area contributed by atoms with E-state index in [1.54, 1.807) is 19.2 Å². The van der Waals surface area contributed by atoms with Gasteiger partial charge in [-0.2, -0.15) is 8.78 Å². The number of methoxy groups -OCH3 is 1. The number of ether oxygens (including phenoxy) is 2. The lowest BCUT2D eigenvalue weighted by Crippen LogP contribution is -2.28. The van der Waals surface area contributed by atoms with Crippen LogP contribution in [-0.4, -0.2) is 19.6 Å². The number of hydrogen-bond acceptors (Lipinski definition) is 3. The van der Waals surface area contributed by atoms with Crippen LogP contribution in [0.5, 0.6) is 11.5 Å². The molecule has 0 aliphatic carbocycles. The monoisotopic (exact) mass is 349 g/mol. The van der Waals surface area contributed by atoms with E-state index in [-0.39, 0.29) is 24.1 Å². The maximum Gasteiger partial charge on any atom is 0.387 e. The lowest BCUT2D eigenvalue weighted by molar-refractivity contribution is -0.121. The number of halogens is 2. The minimum absolute atomic E-state index is 0.0667. The minimum Gasteiger partial charge on any atom is -0.496 e. The lowest BCUT2D eigenvalue weighted by atomic mass is 10.0. The van der Waals surface area contributed by atoms with Gasteiger partial charge in [-0.1, -0.05) is 29.8 Å². The Balaban J connectivity index is 1.99. The Morgan fingerprint density at radius 2 is 1.84 bits per heavy atom. The molecule has 4 nitrogen and oxygen atoms in total. The first-order valence-corrected chi connectivity index (χ1v) is 7.86. The van der Waals surface area contributed by atoms with Crippen LogP contribution in [0, 0.1) is 6.92 Å². The highest BCUT2D eigenvalue weighted by atomic mass is 19.3. The molecule has 25 heavy (non-hydrogen) atoms. The summed E-state index contributed by atoms with van der Waals surface area (Å²) in [5.41, 5.74) is 2.69. The summed E-state index contributed by atoms with van der Waals surface area (Å²) in [6.45, 7) is 0.995. The van der Waals surface area contributed by atoms with Crippen molar-refractivity contribution in [3.05, 3.63) is 59.2 Å². The van der Waals surface area contributed by atoms with Crippen LogP contribution >= 0.6 is 0 Å². The van der Waals surface area contributed by atoms with Gasteiger partial charge in [0.2, 0.25) is 5.91 Å². The Morgan fingerprint density at radius 3 is 2.44 bits per heavy atom. The Kier molecular flexibility index (Phi) is 6.33. The van der Waals surface area contributed by atoms with Crippen LogP contribution in [0.4, 0.5) is 8.78 Å². The predicted octanol–water partition coefficient (Wildman–Crippen LogP) is 4.02. The highest BCUT2D eigenvalue weighted by Crippen LogP contribution is 2.26. The van der Waals surface area contributed by atoms with Gasteiger partial charge in [-0.05, 0) is 37.6 Å². The summed E-state index contributed by atoms with van der Waals surface area (Å²) in [5, 5.41) is 2.92. The molecule has 2 aromatic carbocycles. The Bertz CT molecular complexity index is 717. The molecule has 134 valence electrons. The van der Waals surface area contributed by atoms with Gasteiger partial charge in [-0.3, -0.25) is 4.79 Å². The first kappa shape index (κ1) is 18.7. The number of carbonyl (C=O) groups excluding carboxylic acids is 1. The molecule has 0 saturated heterocycles. The maximum atomic E-state index is 12.2. The first-order valence-electron chi connectivity index (χ1n) is 7.86. The third-order valence-electron chi connectivity index (χ3n) is 3.74. The van der Waals surface area contributed by atoms with Crippen molar-refractivity contribution in [2.45, 2.75) is 32.9 Å². The van der Waals surface area contributed by atoms with E-state index in [1.165, 1.54) is 12.1 Å².